The van der Waals surface area contributed by atoms with Crippen molar-refractivity contribution in [3.8, 4) is 28.5 Å². The Hall–Kier alpha value is -3.52. The highest BCUT2D eigenvalue weighted by molar-refractivity contribution is 5.70. The van der Waals surface area contributed by atoms with E-state index in [4.69, 9.17) is 24.9 Å². The lowest BCUT2D eigenvalue weighted by Gasteiger charge is -2.24. The topological polar surface area (TPSA) is 93.0 Å². The second-order valence-corrected chi connectivity index (χ2v) is 8.33. The number of nitrogens with two attached hydrogens (primary N) is 1. The summed E-state index contributed by atoms with van der Waals surface area (Å²) in [6.45, 7) is 7.76. The van der Waals surface area contributed by atoms with E-state index < -0.39 is 0 Å². The molecule has 1 aliphatic heterocycles. The molecule has 0 amide bonds. The maximum Gasteiger partial charge on any atom is 0.330 e. The number of ether oxygens (including phenoxy) is 3. The van der Waals surface area contributed by atoms with Gasteiger partial charge in [0.1, 0.15) is 11.2 Å². The summed E-state index contributed by atoms with van der Waals surface area (Å²) in [5.74, 6) is 2.13. The molecule has 1 aromatic heterocycles. The summed E-state index contributed by atoms with van der Waals surface area (Å²) in [5.41, 5.74) is 11.9. The summed E-state index contributed by atoms with van der Waals surface area (Å²) in [6, 6.07) is 9.82. The Morgan fingerprint density at radius 3 is 2.38 bits per heavy atom. The van der Waals surface area contributed by atoms with Gasteiger partial charge < -0.3 is 19.9 Å². The monoisotopic (exact) mass is 464 g/mol. The molecule has 4 rings (SSSR count). The van der Waals surface area contributed by atoms with Crippen molar-refractivity contribution in [2.45, 2.75) is 40.3 Å². The van der Waals surface area contributed by atoms with Crippen molar-refractivity contribution < 1.29 is 14.2 Å². The molecule has 0 aliphatic carbocycles. The summed E-state index contributed by atoms with van der Waals surface area (Å²) < 4.78 is 20.2. The van der Waals surface area contributed by atoms with Crippen LogP contribution in [0.5, 0.6) is 17.2 Å². The first-order valence-electron chi connectivity index (χ1n) is 11.5. The Balaban J connectivity index is 1.99. The molecule has 0 fully saturated rings. The molecular weight excluding hydrogens is 432 g/mol. The first-order valence-corrected chi connectivity index (χ1v) is 11.5. The van der Waals surface area contributed by atoms with Crippen LogP contribution < -0.4 is 31.1 Å². The number of aromatic nitrogens is 2. The van der Waals surface area contributed by atoms with Gasteiger partial charge in [0.15, 0.2) is 11.5 Å². The van der Waals surface area contributed by atoms with E-state index in [-0.39, 0.29) is 5.69 Å². The van der Waals surface area contributed by atoms with Gasteiger partial charge in [-0.1, -0.05) is 0 Å². The molecular formula is C26H32N4O4. The molecule has 0 atom stereocenters. The quantitative estimate of drug-likeness (QED) is 0.580. The van der Waals surface area contributed by atoms with Crippen LogP contribution in [0.3, 0.4) is 0 Å². The molecule has 0 unspecified atom stereocenters. The van der Waals surface area contributed by atoms with Gasteiger partial charge in [0.25, 0.3) is 0 Å². The predicted octanol–water partition coefficient (Wildman–Crippen LogP) is 3.10. The molecule has 1 aliphatic rings. The number of aryl methyl sites for hydroxylation is 3. The third-order valence-electron chi connectivity index (χ3n) is 6.14. The maximum atomic E-state index is 13.6. The second kappa shape index (κ2) is 9.77. The first kappa shape index (κ1) is 23.6. The van der Waals surface area contributed by atoms with Crippen molar-refractivity contribution in [2.24, 2.45) is 10.7 Å². The molecule has 8 nitrogen and oxygen atoms in total. The highest BCUT2D eigenvalue weighted by Gasteiger charge is 2.22. The summed E-state index contributed by atoms with van der Waals surface area (Å²) in [5, 5.41) is 0. The fourth-order valence-electron chi connectivity index (χ4n) is 4.53. The average Bonchev–Trinajstić information content (AvgIpc) is 2.83. The summed E-state index contributed by atoms with van der Waals surface area (Å²) >= 11 is 0. The molecule has 8 heteroatoms. The number of hydrogen-bond donors (Lipinski definition) is 1. The zero-order valence-corrected chi connectivity index (χ0v) is 20.5. The van der Waals surface area contributed by atoms with Crippen LogP contribution >= 0.6 is 0 Å². The van der Waals surface area contributed by atoms with Crippen LogP contribution in [0, 0.1) is 13.8 Å². The molecule has 0 bridgehead atoms. The van der Waals surface area contributed by atoms with Crippen molar-refractivity contribution in [3.05, 3.63) is 63.0 Å². The minimum atomic E-state index is -0.121. The minimum absolute atomic E-state index is 0.121. The normalized spacial score (nSPS) is 12.8. The van der Waals surface area contributed by atoms with Gasteiger partial charge in [-0.05, 0) is 68.1 Å². The number of fused-ring (bicyclic) bond motifs is 3. The second-order valence-electron chi connectivity index (χ2n) is 8.33. The molecule has 180 valence electrons. The van der Waals surface area contributed by atoms with Crippen LogP contribution in [0.4, 0.5) is 5.69 Å². The number of hydrogen-bond acceptors (Lipinski definition) is 6. The zero-order chi connectivity index (χ0) is 24.4. The van der Waals surface area contributed by atoms with E-state index in [1.54, 1.807) is 23.4 Å². The van der Waals surface area contributed by atoms with E-state index in [0.717, 1.165) is 45.8 Å². The lowest BCUT2D eigenvalue weighted by Crippen LogP contribution is -2.43. The Morgan fingerprint density at radius 2 is 1.76 bits per heavy atom. The number of methoxy groups -OCH3 is 2. The smallest absolute Gasteiger partial charge is 0.330 e. The van der Waals surface area contributed by atoms with E-state index in [9.17, 15) is 4.79 Å². The van der Waals surface area contributed by atoms with E-state index in [1.807, 2.05) is 51.1 Å². The van der Waals surface area contributed by atoms with Crippen LogP contribution in [0.2, 0.25) is 0 Å². The molecule has 0 spiro atoms. The summed E-state index contributed by atoms with van der Waals surface area (Å²) in [6.07, 6.45) is 0.724. The van der Waals surface area contributed by atoms with E-state index >= 15 is 0 Å². The molecule has 0 radical (unpaired) electrons. The Bertz CT molecular complexity index is 1330. The zero-order valence-electron chi connectivity index (χ0n) is 20.5. The fraction of sp³-hybridized carbons (Fsp3) is 0.385. The molecule has 2 heterocycles. The molecule has 0 saturated carbocycles. The van der Waals surface area contributed by atoms with Gasteiger partial charge in [0, 0.05) is 31.3 Å². The van der Waals surface area contributed by atoms with Gasteiger partial charge in [-0.2, -0.15) is 0 Å². The molecule has 2 aromatic carbocycles. The third-order valence-corrected chi connectivity index (χ3v) is 6.14. The summed E-state index contributed by atoms with van der Waals surface area (Å²) in [7, 11) is 3.27. The Labute approximate surface area is 199 Å². The van der Waals surface area contributed by atoms with Gasteiger partial charge in [-0.3, -0.25) is 9.13 Å². The van der Waals surface area contributed by atoms with Crippen molar-refractivity contribution in [1.82, 2.24) is 9.13 Å². The van der Waals surface area contributed by atoms with Crippen LogP contribution in [0.15, 0.2) is 40.1 Å². The van der Waals surface area contributed by atoms with Crippen LogP contribution in [0.1, 0.15) is 23.6 Å². The molecule has 0 saturated heterocycles. The first-order chi connectivity index (χ1) is 16.4. The van der Waals surface area contributed by atoms with E-state index in [1.165, 1.54) is 0 Å². The SMILES string of the molecule is CCOc1cc2c(cc1OC)-c1cc(=Nc3c(C)cc(OC)cc3C)n(CCN)c(=O)n1CC2. The van der Waals surface area contributed by atoms with Crippen molar-refractivity contribution >= 4 is 5.69 Å². The van der Waals surface area contributed by atoms with Gasteiger partial charge in [0.2, 0.25) is 0 Å². The molecule has 34 heavy (non-hydrogen) atoms. The van der Waals surface area contributed by atoms with E-state index in [0.29, 0.717) is 43.2 Å². The van der Waals surface area contributed by atoms with Crippen LogP contribution in [-0.2, 0) is 19.5 Å². The highest BCUT2D eigenvalue weighted by Crippen LogP contribution is 2.37. The fourth-order valence-corrected chi connectivity index (χ4v) is 4.53. The molecule has 2 N–H and O–H groups in total. The van der Waals surface area contributed by atoms with Crippen molar-refractivity contribution in [2.75, 3.05) is 27.4 Å². The Kier molecular flexibility index (Phi) is 6.79. The average molecular weight is 465 g/mol. The van der Waals surface area contributed by atoms with E-state index in [2.05, 4.69) is 0 Å². The highest BCUT2D eigenvalue weighted by atomic mass is 16.5. The number of nitrogens with zero attached hydrogens (tertiary/aromatic N) is 3. The maximum absolute atomic E-state index is 13.6. The van der Waals surface area contributed by atoms with Crippen LogP contribution in [0.25, 0.3) is 11.3 Å². The largest absolute Gasteiger partial charge is 0.497 e. The van der Waals surface area contributed by atoms with Crippen LogP contribution in [-0.4, -0.2) is 36.5 Å². The van der Waals surface area contributed by atoms with Crippen molar-refractivity contribution in [1.29, 1.82) is 0 Å². The minimum Gasteiger partial charge on any atom is -0.497 e. The van der Waals surface area contributed by atoms with Gasteiger partial charge in [-0.15, -0.1) is 0 Å². The third kappa shape index (κ3) is 4.21. The summed E-state index contributed by atoms with van der Waals surface area (Å²) in [4.78, 5) is 18.5. The Morgan fingerprint density at radius 1 is 1.03 bits per heavy atom. The van der Waals surface area contributed by atoms with Gasteiger partial charge >= 0.3 is 5.69 Å². The number of rotatable bonds is 7. The lowest BCUT2D eigenvalue weighted by atomic mass is 9.97. The van der Waals surface area contributed by atoms with Gasteiger partial charge in [0.05, 0.1) is 32.2 Å². The lowest BCUT2D eigenvalue weighted by molar-refractivity contribution is 0.310. The number of benzene rings is 2. The van der Waals surface area contributed by atoms with Gasteiger partial charge in [-0.25, -0.2) is 9.79 Å². The standard InChI is InChI=1S/C26H32N4O4/c1-6-34-23-13-18-7-9-29-21(20(18)14-22(23)33-5)15-24(30(10-8-27)26(29)31)28-25-16(2)11-19(32-4)12-17(25)3/h11-15H,6-10,27H2,1-5H3. The molecule has 3 aromatic rings. The van der Waals surface area contributed by atoms with Crippen molar-refractivity contribution in [3.63, 3.8) is 0 Å². The predicted molar refractivity (Wildman–Crippen MR) is 132 cm³/mol.